The molecular weight excluding hydrogens is 318 g/mol. The van der Waals surface area contributed by atoms with Crippen LogP contribution in [0.25, 0.3) is 0 Å². The fraction of sp³-hybridized carbons (Fsp3) is 0.562. The third-order valence-corrected chi connectivity index (χ3v) is 4.74. The van der Waals surface area contributed by atoms with Gasteiger partial charge < -0.3 is 5.11 Å². The highest BCUT2D eigenvalue weighted by Crippen LogP contribution is 2.28. The number of rotatable bonds is 4. The highest BCUT2D eigenvalue weighted by Gasteiger charge is 2.32. The van der Waals surface area contributed by atoms with E-state index in [9.17, 15) is 9.90 Å². The van der Waals surface area contributed by atoms with Crippen molar-refractivity contribution in [2.24, 2.45) is 5.92 Å². The van der Waals surface area contributed by atoms with Gasteiger partial charge in [0, 0.05) is 17.1 Å². The molecule has 4 heteroatoms. The second-order valence-electron chi connectivity index (χ2n) is 5.69. The van der Waals surface area contributed by atoms with Crippen molar-refractivity contribution >= 4 is 21.9 Å². The van der Waals surface area contributed by atoms with Crippen LogP contribution in [-0.4, -0.2) is 29.1 Å². The Hall–Kier alpha value is -0.870. The van der Waals surface area contributed by atoms with Gasteiger partial charge in [-0.3, -0.25) is 9.69 Å². The molecule has 0 heterocycles. The minimum atomic E-state index is -0.639. The summed E-state index contributed by atoms with van der Waals surface area (Å²) in [6, 6.07) is 8.40. The van der Waals surface area contributed by atoms with E-state index >= 15 is 0 Å². The fourth-order valence-corrected chi connectivity index (χ4v) is 3.36. The first-order valence-electron chi connectivity index (χ1n) is 7.25. The van der Waals surface area contributed by atoms with Gasteiger partial charge in [-0.05, 0) is 37.6 Å². The van der Waals surface area contributed by atoms with Crippen LogP contribution in [0.3, 0.4) is 0 Å². The smallest absolute Gasteiger partial charge is 0.308 e. The van der Waals surface area contributed by atoms with Crippen LogP contribution in [0.5, 0.6) is 0 Å². The predicted octanol–water partition coefficient (Wildman–Crippen LogP) is 3.91. The molecule has 0 radical (unpaired) electrons. The molecule has 2 unspecified atom stereocenters. The van der Waals surface area contributed by atoms with E-state index in [0.29, 0.717) is 0 Å². The van der Waals surface area contributed by atoms with Crippen molar-refractivity contribution in [3.05, 3.63) is 34.3 Å². The van der Waals surface area contributed by atoms with Gasteiger partial charge in [-0.2, -0.15) is 0 Å². The van der Waals surface area contributed by atoms with Crippen LogP contribution in [0.4, 0.5) is 0 Å². The number of benzene rings is 1. The van der Waals surface area contributed by atoms with Crippen LogP contribution >= 0.6 is 15.9 Å². The van der Waals surface area contributed by atoms with E-state index in [-0.39, 0.29) is 12.0 Å². The van der Waals surface area contributed by atoms with E-state index in [0.717, 1.165) is 43.1 Å². The quantitative estimate of drug-likeness (QED) is 0.845. The number of carbonyl (C=O) groups is 1. The van der Waals surface area contributed by atoms with Gasteiger partial charge >= 0.3 is 5.97 Å². The minimum Gasteiger partial charge on any atom is -0.481 e. The normalized spacial score (nSPS) is 23.6. The van der Waals surface area contributed by atoms with Crippen molar-refractivity contribution < 1.29 is 9.90 Å². The number of carboxylic acids is 1. The minimum absolute atomic E-state index is 0.152. The third-order valence-electron chi connectivity index (χ3n) is 4.21. The lowest BCUT2D eigenvalue weighted by molar-refractivity contribution is -0.144. The number of aliphatic carboxylic acids is 1. The van der Waals surface area contributed by atoms with Gasteiger partial charge in [0.15, 0.2) is 0 Å². The lowest BCUT2D eigenvalue weighted by Gasteiger charge is -2.31. The predicted molar refractivity (Wildman–Crippen MR) is 83.6 cm³/mol. The summed E-state index contributed by atoms with van der Waals surface area (Å²) in [5.74, 6) is -0.863. The molecule has 2 rings (SSSR count). The van der Waals surface area contributed by atoms with Crippen LogP contribution in [0, 0.1) is 5.92 Å². The molecule has 3 nitrogen and oxygen atoms in total. The highest BCUT2D eigenvalue weighted by molar-refractivity contribution is 9.10. The highest BCUT2D eigenvalue weighted by atomic mass is 79.9. The molecule has 2 atom stereocenters. The molecule has 1 N–H and O–H groups in total. The second kappa shape index (κ2) is 7.23. The number of halogens is 1. The molecule has 1 aromatic rings. The fourth-order valence-electron chi connectivity index (χ4n) is 3.10. The van der Waals surface area contributed by atoms with E-state index in [1.807, 2.05) is 19.2 Å². The summed E-state index contributed by atoms with van der Waals surface area (Å²) in [4.78, 5) is 13.7. The van der Waals surface area contributed by atoms with Crippen molar-refractivity contribution in [3.8, 4) is 0 Å². The van der Waals surface area contributed by atoms with Gasteiger partial charge in [0.2, 0.25) is 0 Å². The lowest BCUT2D eigenvalue weighted by atomic mass is 9.93. The summed E-state index contributed by atoms with van der Waals surface area (Å²) in [5.41, 5.74) is 1.23. The Morgan fingerprint density at radius 1 is 1.25 bits per heavy atom. The number of nitrogens with zero attached hydrogens (tertiary/aromatic N) is 1. The first-order valence-corrected chi connectivity index (χ1v) is 8.04. The third kappa shape index (κ3) is 4.06. The van der Waals surface area contributed by atoms with E-state index in [2.05, 4.69) is 33.0 Å². The first-order chi connectivity index (χ1) is 9.58. The van der Waals surface area contributed by atoms with Gasteiger partial charge in [0.25, 0.3) is 0 Å². The summed E-state index contributed by atoms with van der Waals surface area (Å²) in [6.45, 7) is 0.807. The molecule has 0 aliphatic heterocycles. The first kappa shape index (κ1) is 15.5. The molecule has 20 heavy (non-hydrogen) atoms. The molecule has 0 bridgehead atoms. The lowest BCUT2D eigenvalue weighted by Crippen LogP contribution is -2.40. The van der Waals surface area contributed by atoms with E-state index in [4.69, 9.17) is 0 Å². The molecule has 1 aromatic carbocycles. The Balaban J connectivity index is 2.06. The van der Waals surface area contributed by atoms with E-state index < -0.39 is 5.97 Å². The average Bonchev–Trinajstić information content (AvgIpc) is 2.67. The number of hydrogen-bond donors (Lipinski definition) is 1. The van der Waals surface area contributed by atoms with Crippen molar-refractivity contribution in [2.75, 3.05) is 7.05 Å². The standard InChI is InChI=1S/C16H22BrNO2/c1-18(11-12-7-9-13(17)10-8-12)15-6-4-2-3-5-14(15)16(19)20/h7-10,14-15H,2-6,11H2,1H3,(H,19,20). The topological polar surface area (TPSA) is 40.5 Å². The monoisotopic (exact) mass is 339 g/mol. The molecule has 1 saturated carbocycles. The van der Waals surface area contributed by atoms with Crippen LogP contribution in [-0.2, 0) is 11.3 Å². The zero-order valence-electron chi connectivity index (χ0n) is 11.9. The van der Waals surface area contributed by atoms with E-state index in [1.165, 1.54) is 5.56 Å². The Morgan fingerprint density at radius 2 is 1.90 bits per heavy atom. The number of carboxylic acid groups (broad SMARTS) is 1. The van der Waals surface area contributed by atoms with Crippen molar-refractivity contribution in [1.82, 2.24) is 4.90 Å². The van der Waals surface area contributed by atoms with E-state index in [1.54, 1.807) is 0 Å². The van der Waals surface area contributed by atoms with Gasteiger partial charge in [0.1, 0.15) is 0 Å². The van der Waals surface area contributed by atoms with Crippen LogP contribution < -0.4 is 0 Å². The van der Waals surface area contributed by atoms with Gasteiger partial charge in [-0.1, -0.05) is 47.3 Å². The summed E-state index contributed by atoms with van der Waals surface area (Å²) >= 11 is 3.44. The molecule has 0 aromatic heterocycles. The summed E-state index contributed by atoms with van der Waals surface area (Å²) < 4.78 is 1.07. The average molecular weight is 340 g/mol. The molecular formula is C16H22BrNO2. The van der Waals surface area contributed by atoms with Crippen LogP contribution in [0.1, 0.15) is 37.7 Å². The van der Waals surface area contributed by atoms with Crippen LogP contribution in [0.15, 0.2) is 28.7 Å². The van der Waals surface area contributed by atoms with Crippen LogP contribution in [0.2, 0.25) is 0 Å². The van der Waals surface area contributed by atoms with Gasteiger partial charge in [0.05, 0.1) is 5.92 Å². The maximum absolute atomic E-state index is 11.5. The number of hydrogen-bond acceptors (Lipinski definition) is 2. The Bertz CT molecular complexity index is 446. The molecule has 110 valence electrons. The zero-order valence-corrected chi connectivity index (χ0v) is 13.5. The molecule has 1 fully saturated rings. The summed E-state index contributed by atoms with van der Waals surface area (Å²) in [6.07, 6.45) is 5.14. The maximum atomic E-state index is 11.5. The molecule has 1 aliphatic carbocycles. The molecule has 0 amide bonds. The summed E-state index contributed by atoms with van der Waals surface area (Å²) in [5, 5.41) is 9.45. The largest absolute Gasteiger partial charge is 0.481 e. The van der Waals surface area contributed by atoms with Gasteiger partial charge in [-0.15, -0.1) is 0 Å². The summed E-state index contributed by atoms with van der Waals surface area (Å²) in [7, 11) is 2.05. The molecule has 0 spiro atoms. The maximum Gasteiger partial charge on any atom is 0.308 e. The second-order valence-corrected chi connectivity index (χ2v) is 6.61. The SMILES string of the molecule is CN(Cc1ccc(Br)cc1)C1CCCCCC1C(=O)O. The molecule has 1 aliphatic rings. The van der Waals surface area contributed by atoms with Gasteiger partial charge in [-0.25, -0.2) is 0 Å². The Labute approximate surface area is 129 Å². The Kier molecular flexibility index (Phi) is 5.61. The van der Waals surface area contributed by atoms with Crippen molar-refractivity contribution in [2.45, 2.75) is 44.7 Å². The Morgan fingerprint density at radius 3 is 2.55 bits per heavy atom. The van der Waals surface area contributed by atoms with Crippen molar-refractivity contribution in [1.29, 1.82) is 0 Å². The van der Waals surface area contributed by atoms with Crippen molar-refractivity contribution in [3.63, 3.8) is 0 Å². The molecule has 0 saturated heterocycles. The zero-order chi connectivity index (χ0) is 14.5.